The van der Waals surface area contributed by atoms with Crippen LogP contribution in [0.4, 0.5) is 0 Å². The average molecular weight is 387 g/mol. The van der Waals surface area contributed by atoms with Gasteiger partial charge in [0.2, 0.25) is 0 Å². The zero-order valence-electron chi connectivity index (χ0n) is 14.8. The molecule has 1 heterocycles. The molecule has 0 saturated heterocycles. The average Bonchev–Trinajstić information content (AvgIpc) is 2.72. The molecule has 3 aromatic carbocycles. The number of halogens is 1. The van der Waals surface area contributed by atoms with Crippen LogP contribution in [0.25, 0.3) is 28.2 Å². The molecular formula is C24H15ClO3. The summed E-state index contributed by atoms with van der Waals surface area (Å²) in [4.78, 5) is 24.3. The second kappa shape index (κ2) is 7.67. The SMILES string of the molecule is O=C(C=Cc1ccc(Cl)cc1)c1ccc(-c2cc(=O)oc3ccccc23)cc1. The Balaban J connectivity index is 1.62. The van der Waals surface area contributed by atoms with Crippen molar-refractivity contribution < 1.29 is 9.21 Å². The summed E-state index contributed by atoms with van der Waals surface area (Å²) in [5, 5.41) is 1.50. The molecule has 0 aliphatic rings. The summed E-state index contributed by atoms with van der Waals surface area (Å²) < 4.78 is 5.24. The van der Waals surface area contributed by atoms with Crippen LogP contribution in [0.3, 0.4) is 0 Å². The molecule has 0 atom stereocenters. The monoisotopic (exact) mass is 386 g/mol. The number of carbonyl (C=O) groups is 1. The maximum atomic E-state index is 12.4. The van der Waals surface area contributed by atoms with Gasteiger partial charge in [0.25, 0.3) is 0 Å². The number of hydrogen-bond acceptors (Lipinski definition) is 3. The number of benzene rings is 3. The summed E-state index contributed by atoms with van der Waals surface area (Å²) in [5.74, 6) is -0.0982. The lowest BCUT2D eigenvalue weighted by Crippen LogP contribution is -1.98. The van der Waals surface area contributed by atoms with E-state index in [1.165, 1.54) is 12.1 Å². The first-order chi connectivity index (χ1) is 13.6. The Labute approximate surface area is 166 Å². The molecule has 0 aliphatic heterocycles. The second-order valence-corrected chi connectivity index (χ2v) is 6.74. The molecule has 0 spiro atoms. The number of rotatable bonds is 4. The van der Waals surface area contributed by atoms with Crippen LogP contribution in [-0.4, -0.2) is 5.78 Å². The van der Waals surface area contributed by atoms with Crippen molar-refractivity contribution in [1.82, 2.24) is 0 Å². The fourth-order valence-electron chi connectivity index (χ4n) is 3.01. The van der Waals surface area contributed by atoms with E-state index in [9.17, 15) is 9.59 Å². The first kappa shape index (κ1) is 18.0. The molecule has 4 heteroatoms. The summed E-state index contributed by atoms with van der Waals surface area (Å²) in [6.45, 7) is 0. The van der Waals surface area contributed by atoms with Crippen molar-refractivity contribution in [3.63, 3.8) is 0 Å². The van der Waals surface area contributed by atoms with Crippen molar-refractivity contribution in [2.24, 2.45) is 0 Å². The van der Waals surface area contributed by atoms with Gasteiger partial charge in [-0.2, -0.15) is 0 Å². The van der Waals surface area contributed by atoms with Crippen molar-refractivity contribution in [3.8, 4) is 11.1 Å². The fraction of sp³-hybridized carbons (Fsp3) is 0. The molecule has 136 valence electrons. The highest BCUT2D eigenvalue weighted by Crippen LogP contribution is 2.27. The van der Waals surface area contributed by atoms with Gasteiger partial charge in [-0.15, -0.1) is 0 Å². The molecule has 0 amide bonds. The Morgan fingerprint density at radius 2 is 1.61 bits per heavy atom. The topological polar surface area (TPSA) is 47.3 Å². The molecule has 0 aliphatic carbocycles. The Hall–Kier alpha value is -3.43. The van der Waals surface area contributed by atoms with Crippen LogP contribution in [0, 0.1) is 0 Å². The highest BCUT2D eigenvalue weighted by molar-refractivity contribution is 6.30. The van der Waals surface area contributed by atoms with Gasteiger partial charge in [0.15, 0.2) is 5.78 Å². The minimum Gasteiger partial charge on any atom is -0.423 e. The van der Waals surface area contributed by atoms with E-state index in [-0.39, 0.29) is 5.78 Å². The molecule has 4 rings (SSSR count). The van der Waals surface area contributed by atoms with Crippen LogP contribution in [0.2, 0.25) is 5.02 Å². The van der Waals surface area contributed by atoms with Gasteiger partial charge >= 0.3 is 5.63 Å². The predicted molar refractivity (Wildman–Crippen MR) is 113 cm³/mol. The normalized spacial score (nSPS) is 11.2. The predicted octanol–water partition coefficient (Wildman–Crippen LogP) is 6.01. The molecule has 0 saturated carbocycles. The molecule has 3 nitrogen and oxygen atoms in total. The highest BCUT2D eigenvalue weighted by Gasteiger charge is 2.08. The third kappa shape index (κ3) is 3.80. The van der Waals surface area contributed by atoms with E-state index in [0.29, 0.717) is 16.2 Å². The van der Waals surface area contributed by atoms with E-state index < -0.39 is 5.63 Å². The number of ketones is 1. The number of hydrogen-bond donors (Lipinski definition) is 0. The van der Waals surface area contributed by atoms with Crippen molar-refractivity contribution in [2.75, 3.05) is 0 Å². The molecule has 28 heavy (non-hydrogen) atoms. The number of para-hydroxylation sites is 1. The molecule has 0 bridgehead atoms. The van der Waals surface area contributed by atoms with Crippen molar-refractivity contribution >= 4 is 34.4 Å². The van der Waals surface area contributed by atoms with E-state index in [1.807, 2.05) is 42.5 Å². The molecular weight excluding hydrogens is 372 g/mol. The third-order valence-corrected chi connectivity index (χ3v) is 4.68. The number of fused-ring (bicyclic) bond motifs is 1. The van der Waals surface area contributed by atoms with Gasteiger partial charge in [-0.25, -0.2) is 4.79 Å². The minimum atomic E-state index is -0.403. The number of carbonyl (C=O) groups excluding carboxylic acids is 1. The zero-order valence-corrected chi connectivity index (χ0v) is 15.5. The summed E-state index contributed by atoms with van der Waals surface area (Å²) in [6.07, 6.45) is 3.28. The Kier molecular flexibility index (Phi) is 4.92. The smallest absolute Gasteiger partial charge is 0.336 e. The Bertz CT molecular complexity index is 1230. The number of allylic oxidation sites excluding steroid dienone is 1. The van der Waals surface area contributed by atoms with Crippen LogP contribution in [0.5, 0.6) is 0 Å². The van der Waals surface area contributed by atoms with E-state index >= 15 is 0 Å². The summed E-state index contributed by atoms with van der Waals surface area (Å²) in [6, 6.07) is 23.3. The molecule has 4 aromatic rings. The van der Waals surface area contributed by atoms with Gasteiger partial charge in [0.05, 0.1) is 0 Å². The zero-order chi connectivity index (χ0) is 19.5. The molecule has 0 unspecified atom stereocenters. The van der Waals surface area contributed by atoms with Gasteiger partial charge in [-0.05, 0) is 41.0 Å². The van der Waals surface area contributed by atoms with Gasteiger partial charge < -0.3 is 4.42 Å². The molecule has 1 aromatic heterocycles. The second-order valence-electron chi connectivity index (χ2n) is 6.30. The first-order valence-electron chi connectivity index (χ1n) is 8.71. The maximum Gasteiger partial charge on any atom is 0.336 e. The third-order valence-electron chi connectivity index (χ3n) is 4.43. The van der Waals surface area contributed by atoms with Crippen LogP contribution in [0.1, 0.15) is 15.9 Å². The van der Waals surface area contributed by atoms with Gasteiger partial charge in [0, 0.05) is 22.0 Å². The standard InChI is InChI=1S/C24H15ClO3/c25-19-12-5-16(6-13-19)7-14-22(26)18-10-8-17(9-11-18)21-15-24(27)28-23-4-2-1-3-20(21)23/h1-15H. The molecule has 0 radical (unpaired) electrons. The first-order valence-corrected chi connectivity index (χ1v) is 9.09. The summed E-state index contributed by atoms with van der Waals surface area (Å²) in [5.41, 5.74) is 3.23. The lowest BCUT2D eigenvalue weighted by Gasteiger charge is -2.06. The summed E-state index contributed by atoms with van der Waals surface area (Å²) in [7, 11) is 0. The lowest BCUT2D eigenvalue weighted by atomic mass is 9.99. The fourth-order valence-corrected chi connectivity index (χ4v) is 3.13. The lowest BCUT2D eigenvalue weighted by molar-refractivity contribution is 0.104. The summed E-state index contributed by atoms with van der Waals surface area (Å²) >= 11 is 5.87. The van der Waals surface area contributed by atoms with Gasteiger partial charge in [-0.1, -0.05) is 72.3 Å². The Morgan fingerprint density at radius 1 is 0.893 bits per heavy atom. The largest absolute Gasteiger partial charge is 0.423 e. The maximum absolute atomic E-state index is 12.4. The molecule has 0 N–H and O–H groups in total. The quantitative estimate of drug-likeness (QED) is 0.245. The van der Waals surface area contributed by atoms with Crippen molar-refractivity contribution in [1.29, 1.82) is 0 Å². The van der Waals surface area contributed by atoms with Gasteiger partial charge in [0.1, 0.15) is 5.58 Å². The van der Waals surface area contributed by atoms with Crippen LogP contribution in [0.15, 0.2) is 94.2 Å². The van der Waals surface area contributed by atoms with E-state index in [0.717, 1.165) is 22.1 Å². The minimum absolute atomic E-state index is 0.0982. The van der Waals surface area contributed by atoms with E-state index in [4.69, 9.17) is 16.0 Å². The Morgan fingerprint density at radius 3 is 2.36 bits per heavy atom. The highest BCUT2D eigenvalue weighted by atomic mass is 35.5. The van der Waals surface area contributed by atoms with E-state index in [1.54, 1.807) is 36.4 Å². The van der Waals surface area contributed by atoms with Crippen molar-refractivity contribution in [2.45, 2.75) is 0 Å². The van der Waals surface area contributed by atoms with Gasteiger partial charge in [-0.3, -0.25) is 4.79 Å². The van der Waals surface area contributed by atoms with Crippen LogP contribution >= 0.6 is 11.6 Å². The van der Waals surface area contributed by atoms with E-state index in [2.05, 4.69) is 0 Å². The molecule has 0 fully saturated rings. The van der Waals surface area contributed by atoms with Crippen LogP contribution in [-0.2, 0) is 0 Å². The van der Waals surface area contributed by atoms with Crippen LogP contribution < -0.4 is 5.63 Å². The van der Waals surface area contributed by atoms with Crippen molar-refractivity contribution in [3.05, 3.63) is 112 Å².